The molecular formula is C12H16O3S. The second kappa shape index (κ2) is 5.92. The first-order chi connectivity index (χ1) is 7.67. The normalized spacial score (nSPS) is 14.4. The van der Waals surface area contributed by atoms with Crippen molar-refractivity contribution in [3.8, 4) is 0 Å². The van der Waals surface area contributed by atoms with Gasteiger partial charge < -0.3 is 10.2 Å². The SMILES string of the molecule is CSCCC(CO)(C(=O)O)c1ccccc1. The van der Waals surface area contributed by atoms with Crippen LogP contribution in [-0.2, 0) is 10.2 Å². The summed E-state index contributed by atoms with van der Waals surface area (Å²) in [7, 11) is 0. The van der Waals surface area contributed by atoms with Crippen LogP contribution in [0.25, 0.3) is 0 Å². The number of rotatable bonds is 6. The van der Waals surface area contributed by atoms with Crippen molar-refractivity contribution < 1.29 is 15.0 Å². The molecule has 1 atom stereocenters. The maximum atomic E-state index is 11.4. The highest BCUT2D eigenvalue weighted by molar-refractivity contribution is 7.98. The van der Waals surface area contributed by atoms with E-state index in [0.717, 1.165) is 0 Å². The molecule has 0 fully saturated rings. The topological polar surface area (TPSA) is 57.5 Å². The number of carboxylic acid groups (broad SMARTS) is 1. The van der Waals surface area contributed by atoms with Gasteiger partial charge in [-0.3, -0.25) is 4.79 Å². The van der Waals surface area contributed by atoms with Crippen molar-refractivity contribution in [2.24, 2.45) is 0 Å². The van der Waals surface area contributed by atoms with Crippen LogP contribution in [0.3, 0.4) is 0 Å². The molecule has 0 spiro atoms. The van der Waals surface area contributed by atoms with Crippen molar-refractivity contribution in [2.45, 2.75) is 11.8 Å². The second-order valence-corrected chi connectivity index (χ2v) is 4.64. The molecule has 0 aromatic heterocycles. The Hall–Kier alpha value is -1.00. The molecule has 4 heteroatoms. The number of hydrogen-bond donors (Lipinski definition) is 2. The maximum absolute atomic E-state index is 11.4. The average molecular weight is 240 g/mol. The lowest BCUT2D eigenvalue weighted by atomic mass is 9.79. The minimum Gasteiger partial charge on any atom is -0.481 e. The molecule has 0 heterocycles. The lowest BCUT2D eigenvalue weighted by molar-refractivity contribution is -0.145. The van der Waals surface area contributed by atoms with E-state index in [9.17, 15) is 15.0 Å². The molecule has 1 rings (SSSR count). The van der Waals surface area contributed by atoms with E-state index in [4.69, 9.17) is 0 Å². The zero-order chi connectivity index (χ0) is 12.0. The first-order valence-electron chi connectivity index (χ1n) is 5.06. The maximum Gasteiger partial charge on any atom is 0.316 e. The van der Waals surface area contributed by atoms with Gasteiger partial charge in [0.05, 0.1) is 6.61 Å². The number of thioether (sulfide) groups is 1. The molecule has 1 aromatic rings. The van der Waals surface area contributed by atoms with E-state index in [1.807, 2.05) is 12.3 Å². The van der Waals surface area contributed by atoms with Crippen LogP contribution in [0.1, 0.15) is 12.0 Å². The van der Waals surface area contributed by atoms with Gasteiger partial charge in [0.25, 0.3) is 0 Å². The Labute approximate surface area is 99.5 Å². The molecule has 0 radical (unpaired) electrons. The number of aliphatic hydroxyl groups excluding tert-OH is 1. The van der Waals surface area contributed by atoms with Gasteiger partial charge in [0.15, 0.2) is 0 Å². The highest BCUT2D eigenvalue weighted by atomic mass is 32.2. The molecule has 0 saturated carbocycles. The Morgan fingerprint density at radius 2 is 2.00 bits per heavy atom. The number of carbonyl (C=O) groups is 1. The van der Waals surface area contributed by atoms with E-state index < -0.39 is 11.4 Å². The summed E-state index contributed by atoms with van der Waals surface area (Å²) in [5, 5.41) is 18.8. The van der Waals surface area contributed by atoms with Crippen LogP contribution < -0.4 is 0 Å². The van der Waals surface area contributed by atoms with Gasteiger partial charge in [0, 0.05) is 0 Å². The summed E-state index contributed by atoms with van der Waals surface area (Å²) in [4.78, 5) is 11.4. The Morgan fingerprint density at radius 1 is 1.38 bits per heavy atom. The summed E-state index contributed by atoms with van der Waals surface area (Å²) in [5.74, 6) is -0.253. The van der Waals surface area contributed by atoms with E-state index in [-0.39, 0.29) is 6.61 Å². The standard InChI is InChI=1S/C12H16O3S/c1-16-8-7-12(9-13,11(14)15)10-5-3-2-4-6-10/h2-6,13H,7-9H2,1H3,(H,14,15). The fourth-order valence-corrected chi connectivity index (χ4v) is 2.20. The smallest absolute Gasteiger partial charge is 0.316 e. The first kappa shape index (κ1) is 13.1. The van der Waals surface area contributed by atoms with Gasteiger partial charge in [-0.15, -0.1) is 0 Å². The molecule has 88 valence electrons. The molecule has 1 unspecified atom stereocenters. The van der Waals surface area contributed by atoms with Gasteiger partial charge >= 0.3 is 5.97 Å². The Morgan fingerprint density at radius 3 is 2.44 bits per heavy atom. The van der Waals surface area contributed by atoms with Gasteiger partial charge in [-0.25, -0.2) is 0 Å². The van der Waals surface area contributed by atoms with Crippen molar-refractivity contribution in [1.82, 2.24) is 0 Å². The molecule has 0 amide bonds. The van der Waals surface area contributed by atoms with Gasteiger partial charge in [-0.05, 0) is 24.0 Å². The van der Waals surface area contributed by atoms with Crippen LogP contribution in [0.2, 0.25) is 0 Å². The number of hydrogen-bond acceptors (Lipinski definition) is 3. The number of benzene rings is 1. The molecule has 2 N–H and O–H groups in total. The molecular weight excluding hydrogens is 224 g/mol. The summed E-state index contributed by atoms with van der Waals surface area (Å²) >= 11 is 1.58. The molecule has 0 aliphatic heterocycles. The van der Waals surface area contributed by atoms with Gasteiger partial charge in [-0.1, -0.05) is 30.3 Å². The summed E-state index contributed by atoms with van der Waals surface area (Å²) in [6.07, 6.45) is 2.36. The Balaban J connectivity index is 3.07. The number of aliphatic hydroxyl groups is 1. The number of carboxylic acids is 1. The third-order valence-corrected chi connectivity index (χ3v) is 3.35. The predicted molar refractivity (Wildman–Crippen MR) is 65.8 cm³/mol. The van der Waals surface area contributed by atoms with Gasteiger partial charge in [0.1, 0.15) is 5.41 Å². The van der Waals surface area contributed by atoms with Crippen molar-refractivity contribution >= 4 is 17.7 Å². The Kier molecular flexibility index (Phi) is 4.83. The van der Waals surface area contributed by atoms with Crippen molar-refractivity contribution in [1.29, 1.82) is 0 Å². The summed E-state index contributed by atoms with van der Waals surface area (Å²) in [5.41, 5.74) is -0.497. The lowest BCUT2D eigenvalue weighted by Crippen LogP contribution is -2.40. The van der Waals surface area contributed by atoms with E-state index in [1.165, 1.54) is 0 Å². The summed E-state index contributed by atoms with van der Waals surface area (Å²) in [6, 6.07) is 8.93. The molecule has 0 saturated heterocycles. The zero-order valence-corrected chi connectivity index (χ0v) is 10.0. The highest BCUT2D eigenvalue weighted by Crippen LogP contribution is 2.29. The van der Waals surface area contributed by atoms with E-state index in [1.54, 1.807) is 36.0 Å². The van der Waals surface area contributed by atoms with Crippen LogP contribution in [-0.4, -0.2) is 34.8 Å². The van der Waals surface area contributed by atoms with Crippen LogP contribution in [0.15, 0.2) is 30.3 Å². The molecule has 0 bridgehead atoms. The minimum atomic E-state index is -1.16. The fraction of sp³-hybridized carbons (Fsp3) is 0.417. The quantitative estimate of drug-likeness (QED) is 0.795. The van der Waals surface area contributed by atoms with Crippen LogP contribution >= 0.6 is 11.8 Å². The first-order valence-corrected chi connectivity index (χ1v) is 6.45. The average Bonchev–Trinajstić information content (AvgIpc) is 2.31. The van der Waals surface area contributed by atoms with E-state index in [2.05, 4.69) is 0 Å². The third-order valence-electron chi connectivity index (χ3n) is 2.74. The summed E-state index contributed by atoms with van der Waals surface area (Å²) < 4.78 is 0. The zero-order valence-electron chi connectivity index (χ0n) is 9.22. The molecule has 16 heavy (non-hydrogen) atoms. The van der Waals surface area contributed by atoms with Crippen LogP contribution in [0, 0.1) is 0 Å². The fourth-order valence-electron chi connectivity index (χ4n) is 1.65. The molecule has 3 nitrogen and oxygen atoms in total. The number of aliphatic carboxylic acids is 1. The van der Waals surface area contributed by atoms with Gasteiger partial charge in [0.2, 0.25) is 0 Å². The third kappa shape index (κ3) is 2.57. The summed E-state index contributed by atoms with van der Waals surface area (Å²) in [6.45, 7) is -0.368. The minimum absolute atomic E-state index is 0.368. The van der Waals surface area contributed by atoms with Crippen molar-refractivity contribution in [2.75, 3.05) is 18.6 Å². The molecule has 0 aliphatic rings. The molecule has 0 aliphatic carbocycles. The predicted octanol–water partition coefficient (Wildman–Crippen LogP) is 1.75. The Bertz CT molecular complexity index is 339. The van der Waals surface area contributed by atoms with Crippen LogP contribution in [0.4, 0.5) is 0 Å². The lowest BCUT2D eigenvalue weighted by Gasteiger charge is -2.27. The molecule has 1 aromatic carbocycles. The van der Waals surface area contributed by atoms with Crippen molar-refractivity contribution in [3.05, 3.63) is 35.9 Å². The second-order valence-electron chi connectivity index (χ2n) is 3.65. The van der Waals surface area contributed by atoms with E-state index >= 15 is 0 Å². The monoisotopic (exact) mass is 240 g/mol. The van der Waals surface area contributed by atoms with Crippen molar-refractivity contribution in [3.63, 3.8) is 0 Å². The van der Waals surface area contributed by atoms with E-state index in [0.29, 0.717) is 17.7 Å². The van der Waals surface area contributed by atoms with Gasteiger partial charge in [-0.2, -0.15) is 11.8 Å². The van der Waals surface area contributed by atoms with Crippen LogP contribution in [0.5, 0.6) is 0 Å². The largest absolute Gasteiger partial charge is 0.481 e. The highest BCUT2D eigenvalue weighted by Gasteiger charge is 2.39.